The molecule has 0 radical (unpaired) electrons. The number of amides is 1. The average molecular weight is 374 g/mol. The minimum atomic E-state index is -0.282. The van der Waals surface area contributed by atoms with Crippen LogP contribution in [-0.4, -0.2) is 31.0 Å². The highest BCUT2D eigenvalue weighted by molar-refractivity contribution is 5.98. The molecule has 4 heteroatoms. The largest absolute Gasteiger partial charge is 0.497 e. The van der Waals surface area contributed by atoms with E-state index >= 15 is 0 Å². The lowest BCUT2D eigenvalue weighted by atomic mass is 10.0. The maximum Gasteiger partial charge on any atom is 0.241 e. The minimum absolute atomic E-state index is 0.0335. The van der Waals surface area contributed by atoms with Crippen LogP contribution in [0.3, 0.4) is 0 Å². The van der Waals surface area contributed by atoms with Crippen LogP contribution in [-0.2, 0) is 11.3 Å². The quantitative estimate of drug-likeness (QED) is 0.645. The van der Waals surface area contributed by atoms with Crippen LogP contribution in [0.1, 0.15) is 12.5 Å². The van der Waals surface area contributed by atoms with Crippen LogP contribution >= 0.6 is 0 Å². The van der Waals surface area contributed by atoms with Gasteiger partial charge < -0.3 is 10.1 Å². The van der Waals surface area contributed by atoms with E-state index in [1.54, 1.807) is 7.11 Å². The first-order valence-electron chi connectivity index (χ1n) is 9.37. The Labute approximate surface area is 166 Å². The molecule has 0 aliphatic heterocycles. The Morgan fingerprint density at radius 3 is 2.46 bits per heavy atom. The van der Waals surface area contributed by atoms with E-state index in [-0.39, 0.29) is 11.9 Å². The third kappa shape index (κ3) is 4.78. The first-order valence-corrected chi connectivity index (χ1v) is 9.37. The number of methoxy groups -OCH3 is 1. The second kappa shape index (κ2) is 9.20. The molecule has 1 atom stereocenters. The Balaban J connectivity index is 1.71. The Morgan fingerprint density at radius 1 is 1.00 bits per heavy atom. The molecule has 0 aliphatic rings. The predicted molar refractivity (Wildman–Crippen MR) is 114 cm³/mol. The number of nitrogens with one attached hydrogen (secondary N) is 1. The molecule has 0 saturated heterocycles. The molecule has 144 valence electrons. The maximum atomic E-state index is 12.9. The van der Waals surface area contributed by atoms with Crippen molar-refractivity contribution in [1.29, 1.82) is 0 Å². The SMILES string of the molecule is COc1cccc(CN(C)C(C)C(=O)Nc2ccccc2-c2ccccc2)c1. The molecule has 0 aliphatic carbocycles. The summed E-state index contributed by atoms with van der Waals surface area (Å²) in [5, 5.41) is 3.09. The average Bonchev–Trinajstić information content (AvgIpc) is 2.74. The molecule has 0 bridgehead atoms. The molecule has 28 heavy (non-hydrogen) atoms. The zero-order valence-corrected chi connectivity index (χ0v) is 16.6. The fraction of sp³-hybridized carbons (Fsp3) is 0.208. The summed E-state index contributed by atoms with van der Waals surface area (Å²) in [5.74, 6) is 0.786. The van der Waals surface area contributed by atoms with Gasteiger partial charge in [0.1, 0.15) is 5.75 Å². The summed E-state index contributed by atoms with van der Waals surface area (Å²) in [5.41, 5.74) is 4.02. The normalized spacial score (nSPS) is 11.9. The molecular weight excluding hydrogens is 348 g/mol. The number of hydrogen-bond donors (Lipinski definition) is 1. The summed E-state index contributed by atoms with van der Waals surface area (Å²) in [4.78, 5) is 14.9. The number of para-hydroxylation sites is 1. The van der Waals surface area contributed by atoms with Gasteiger partial charge in [-0.2, -0.15) is 0 Å². The van der Waals surface area contributed by atoms with Crippen molar-refractivity contribution in [2.24, 2.45) is 0 Å². The van der Waals surface area contributed by atoms with Gasteiger partial charge in [-0.1, -0.05) is 60.7 Å². The highest BCUT2D eigenvalue weighted by Crippen LogP contribution is 2.27. The van der Waals surface area contributed by atoms with Gasteiger partial charge in [0.05, 0.1) is 13.2 Å². The molecule has 0 heterocycles. The van der Waals surface area contributed by atoms with Crippen molar-refractivity contribution >= 4 is 11.6 Å². The summed E-state index contributed by atoms with van der Waals surface area (Å²) in [6.07, 6.45) is 0. The van der Waals surface area contributed by atoms with Gasteiger partial charge in [-0.15, -0.1) is 0 Å². The molecule has 1 amide bonds. The van der Waals surface area contributed by atoms with Crippen molar-refractivity contribution in [2.45, 2.75) is 19.5 Å². The number of ether oxygens (including phenoxy) is 1. The number of carbonyl (C=O) groups is 1. The van der Waals surface area contributed by atoms with Crippen LogP contribution in [0.5, 0.6) is 5.75 Å². The molecule has 0 fully saturated rings. The molecule has 3 rings (SSSR count). The Morgan fingerprint density at radius 2 is 1.71 bits per heavy atom. The molecule has 1 unspecified atom stereocenters. The third-order valence-corrected chi connectivity index (χ3v) is 4.88. The van der Waals surface area contributed by atoms with Crippen LogP contribution in [0.25, 0.3) is 11.1 Å². The second-order valence-corrected chi connectivity index (χ2v) is 6.84. The molecule has 0 saturated carbocycles. The van der Waals surface area contributed by atoms with Gasteiger partial charge in [-0.3, -0.25) is 9.69 Å². The van der Waals surface area contributed by atoms with Crippen LogP contribution in [0.15, 0.2) is 78.9 Å². The van der Waals surface area contributed by atoms with E-state index < -0.39 is 0 Å². The van der Waals surface area contributed by atoms with Crippen LogP contribution in [0, 0.1) is 0 Å². The van der Waals surface area contributed by atoms with E-state index in [0.717, 1.165) is 28.1 Å². The van der Waals surface area contributed by atoms with E-state index in [9.17, 15) is 4.79 Å². The number of rotatable bonds is 7. The maximum absolute atomic E-state index is 12.9. The Kier molecular flexibility index (Phi) is 6.45. The van der Waals surface area contributed by atoms with Gasteiger partial charge in [0.2, 0.25) is 5.91 Å². The monoisotopic (exact) mass is 374 g/mol. The van der Waals surface area contributed by atoms with Gasteiger partial charge in [0.15, 0.2) is 0 Å². The predicted octanol–water partition coefficient (Wildman–Crippen LogP) is 4.82. The summed E-state index contributed by atoms with van der Waals surface area (Å²) in [6, 6.07) is 25.6. The highest BCUT2D eigenvalue weighted by Gasteiger charge is 2.19. The number of hydrogen-bond acceptors (Lipinski definition) is 3. The molecule has 1 N–H and O–H groups in total. The number of nitrogens with zero attached hydrogens (tertiary/aromatic N) is 1. The smallest absolute Gasteiger partial charge is 0.241 e. The third-order valence-electron chi connectivity index (χ3n) is 4.88. The Hall–Kier alpha value is -3.11. The fourth-order valence-electron chi connectivity index (χ4n) is 3.09. The van der Waals surface area contributed by atoms with Gasteiger partial charge in [-0.05, 0) is 43.3 Å². The highest BCUT2D eigenvalue weighted by atomic mass is 16.5. The molecule has 0 aromatic heterocycles. The van der Waals surface area contributed by atoms with E-state index in [1.165, 1.54) is 0 Å². The first-order chi connectivity index (χ1) is 13.6. The molecular formula is C24H26N2O2. The minimum Gasteiger partial charge on any atom is -0.497 e. The number of likely N-dealkylation sites (N-methyl/N-ethyl adjacent to an activating group) is 1. The van der Waals surface area contributed by atoms with Crippen molar-refractivity contribution < 1.29 is 9.53 Å². The van der Waals surface area contributed by atoms with E-state index in [0.29, 0.717) is 6.54 Å². The van der Waals surface area contributed by atoms with Crippen LogP contribution in [0.2, 0.25) is 0 Å². The van der Waals surface area contributed by atoms with Crippen LogP contribution in [0.4, 0.5) is 5.69 Å². The zero-order chi connectivity index (χ0) is 19.9. The van der Waals surface area contributed by atoms with Crippen molar-refractivity contribution in [3.05, 3.63) is 84.4 Å². The molecule has 0 spiro atoms. The van der Waals surface area contributed by atoms with Crippen molar-refractivity contribution in [2.75, 3.05) is 19.5 Å². The second-order valence-electron chi connectivity index (χ2n) is 6.84. The lowest BCUT2D eigenvalue weighted by Crippen LogP contribution is -2.39. The molecule has 3 aromatic carbocycles. The summed E-state index contributed by atoms with van der Waals surface area (Å²) in [7, 11) is 3.61. The van der Waals surface area contributed by atoms with Crippen molar-refractivity contribution in [3.8, 4) is 16.9 Å². The van der Waals surface area contributed by atoms with Crippen LogP contribution < -0.4 is 10.1 Å². The number of benzene rings is 3. The zero-order valence-electron chi connectivity index (χ0n) is 16.6. The number of anilines is 1. The number of carbonyl (C=O) groups excluding carboxylic acids is 1. The standard InChI is InChI=1S/C24H26N2O2/c1-18(26(2)17-19-10-9-13-21(16-19)28-3)24(27)25-23-15-8-7-14-22(23)20-11-5-4-6-12-20/h4-16,18H,17H2,1-3H3,(H,25,27). The van der Waals surface area contributed by atoms with Gasteiger partial charge in [0, 0.05) is 17.8 Å². The lowest BCUT2D eigenvalue weighted by Gasteiger charge is -2.24. The van der Waals surface area contributed by atoms with E-state index in [4.69, 9.17) is 4.74 Å². The van der Waals surface area contributed by atoms with E-state index in [1.807, 2.05) is 97.7 Å². The topological polar surface area (TPSA) is 41.6 Å². The molecule has 4 nitrogen and oxygen atoms in total. The first kappa shape index (κ1) is 19.6. The van der Waals surface area contributed by atoms with Gasteiger partial charge >= 0.3 is 0 Å². The van der Waals surface area contributed by atoms with E-state index in [2.05, 4.69) is 5.32 Å². The van der Waals surface area contributed by atoms with Gasteiger partial charge in [0.25, 0.3) is 0 Å². The summed E-state index contributed by atoms with van der Waals surface area (Å²) >= 11 is 0. The molecule has 3 aromatic rings. The fourth-order valence-corrected chi connectivity index (χ4v) is 3.09. The summed E-state index contributed by atoms with van der Waals surface area (Å²) in [6.45, 7) is 2.58. The Bertz CT molecular complexity index is 925. The summed E-state index contributed by atoms with van der Waals surface area (Å²) < 4.78 is 5.28. The van der Waals surface area contributed by atoms with Gasteiger partial charge in [-0.25, -0.2) is 0 Å². The lowest BCUT2D eigenvalue weighted by molar-refractivity contribution is -0.120. The van der Waals surface area contributed by atoms with Crippen molar-refractivity contribution in [1.82, 2.24) is 4.90 Å². The van der Waals surface area contributed by atoms with Crippen molar-refractivity contribution in [3.63, 3.8) is 0 Å².